The summed E-state index contributed by atoms with van der Waals surface area (Å²) in [4.78, 5) is 32.5. The van der Waals surface area contributed by atoms with Crippen molar-refractivity contribution in [3.8, 4) is 0 Å². The summed E-state index contributed by atoms with van der Waals surface area (Å²) in [7, 11) is 0. The number of hydrogen-bond acceptors (Lipinski definition) is 4. The van der Waals surface area contributed by atoms with E-state index in [1.54, 1.807) is 30.5 Å². The zero-order chi connectivity index (χ0) is 21.5. The number of carbonyl (C=O) groups is 2. The molecule has 2 aromatic carbocycles. The Balaban J connectivity index is 1.47. The summed E-state index contributed by atoms with van der Waals surface area (Å²) in [6, 6.07) is 21.6. The maximum atomic E-state index is 13.1. The van der Waals surface area contributed by atoms with E-state index >= 15 is 0 Å². The van der Waals surface area contributed by atoms with Crippen LogP contribution in [0.3, 0.4) is 0 Å². The Bertz CT molecular complexity index is 1000. The molecule has 2 heterocycles. The number of anilines is 2. The Hall–Kier alpha value is -3.67. The zero-order valence-electron chi connectivity index (χ0n) is 17.3. The third-order valence-corrected chi connectivity index (χ3v) is 5.39. The van der Waals surface area contributed by atoms with E-state index in [2.05, 4.69) is 20.5 Å². The van der Waals surface area contributed by atoms with Crippen LogP contribution in [0.25, 0.3) is 0 Å². The van der Waals surface area contributed by atoms with E-state index in [1.807, 2.05) is 48.5 Å². The van der Waals surface area contributed by atoms with Crippen molar-refractivity contribution in [1.29, 1.82) is 0 Å². The molecule has 1 fully saturated rings. The standard InChI is InChI=1S/C25H26N4O2/c30-24(20-11-5-2-6-12-20)28-22(17-19-9-3-1-4-10-19)25(31)27-21-13-14-23(26-18-21)29-15-7-8-16-29/h1-6,9-14,18,22H,7-8,15-17H2,(H,27,31)(H,28,30)/t22-/m0/s1. The molecule has 2 amide bonds. The number of amides is 2. The van der Waals surface area contributed by atoms with Crippen molar-refractivity contribution in [3.05, 3.63) is 90.1 Å². The van der Waals surface area contributed by atoms with Gasteiger partial charge in [-0.3, -0.25) is 9.59 Å². The maximum Gasteiger partial charge on any atom is 0.251 e. The highest BCUT2D eigenvalue weighted by Gasteiger charge is 2.22. The van der Waals surface area contributed by atoms with Gasteiger partial charge >= 0.3 is 0 Å². The fraction of sp³-hybridized carbons (Fsp3) is 0.240. The lowest BCUT2D eigenvalue weighted by atomic mass is 10.0. The molecule has 0 spiro atoms. The van der Waals surface area contributed by atoms with Gasteiger partial charge in [-0.2, -0.15) is 0 Å². The van der Waals surface area contributed by atoms with Crippen molar-refractivity contribution in [2.24, 2.45) is 0 Å². The minimum Gasteiger partial charge on any atom is -0.357 e. The van der Waals surface area contributed by atoms with E-state index in [-0.39, 0.29) is 11.8 Å². The normalized spacial score (nSPS) is 14.1. The minimum absolute atomic E-state index is 0.274. The third-order valence-electron chi connectivity index (χ3n) is 5.39. The summed E-state index contributed by atoms with van der Waals surface area (Å²) >= 11 is 0. The molecule has 0 unspecified atom stereocenters. The molecule has 0 aliphatic carbocycles. The Labute approximate surface area is 182 Å². The monoisotopic (exact) mass is 414 g/mol. The van der Waals surface area contributed by atoms with Gasteiger partial charge in [0.2, 0.25) is 5.91 Å². The molecule has 0 radical (unpaired) electrons. The number of carbonyl (C=O) groups excluding carboxylic acids is 2. The number of hydrogen-bond donors (Lipinski definition) is 2. The molecule has 158 valence electrons. The van der Waals surface area contributed by atoms with Gasteiger partial charge in [0.1, 0.15) is 11.9 Å². The minimum atomic E-state index is -0.714. The van der Waals surface area contributed by atoms with Crippen LogP contribution < -0.4 is 15.5 Å². The molecule has 6 nitrogen and oxygen atoms in total. The molecule has 6 heteroatoms. The second-order valence-corrected chi connectivity index (χ2v) is 7.67. The molecule has 4 rings (SSSR count). The van der Waals surface area contributed by atoms with Crippen LogP contribution in [0.15, 0.2) is 79.0 Å². The smallest absolute Gasteiger partial charge is 0.251 e. The van der Waals surface area contributed by atoms with Gasteiger partial charge in [0.15, 0.2) is 0 Å². The molecule has 1 aliphatic rings. The molecule has 0 bridgehead atoms. The molecule has 2 N–H and O–H groups in total. The largest absolute Gasteiger partial charge is 0.357 e. The lowest BCUT2D eigenvalue weighted by Crippen LogP contribution is -2.45. The van der Waals surface area contributed by atoms with Gasteiger partial charge < -0.3 is 15.5 Å². The van der Waals surface area contributed by atoms with E-state index in [0.29, 0.717) is 17.7 Å². The first kappa shape index (κ1) is 20.6. The molecule has 3 aromatic rings. The van der Waals surface area contributed by atoms with E-state index in [1.165, 1.54) is 12.8 Å². The molecule has 1 saturated heterocycles. The van der Waals surface area contributed by atoms with Crippen molar-refractivity contribution >= 4 is 23.3 Å². The van der Waals surface area contributed by atoms with E-state index < -0.39 is 6.04 Å². The van der Waals surface area contributed by atoms with Crippen LogP contribution in [0.1, 0.15) is 28.8 Å². The highest BCUT2D eigenvalue weighted by Crippen LogP contribution is 2.19. The molecule has 1 aliphatic heterocycles. The van der Waals surface area contributed by atoms with E-state index in [9.17, 15) is 9.59 Å². The number of rotatable bonds is 7. The highest BCUT2D eigenvalue weighted by atomic mass is 16.2. The van der Waals surface area contributed by atoms with Crippen LogP contribution in [-0.4, -0.2) is 35.9 Å². The Morgan fingerprint density at radius 1 is 0.903 bits per heavy atom. The lowest BCUT2D eigenvalue weighted by molar-refractivity contribution is -0.118. The van der Waals surface area contributed by atoms with Crippen molar-refractivity contribution in [3.63, 3.8) is 0 Å². The number of benzene rings is 2. The van der Waals surface area contributed by atoms with Crippen LogP contribution in [-0.2, 0) is 11.2 Å². The number of nitrogens with zero attached hydrogens (tertiary/aromatic N) is 2. The Kier molecular flexibility index (Phi) is 6.57. The van der Waals surface area contributed by atoms with Crippen molar-refractivity contribution in [1.82, 2.24) is 10.3 Å². The second-order valence-electron chi connectivity index (χ2n) is 7.67. The molecular weight excluding hydrogens is 388 g/mol. The van der Waals surface area contributed by atoms with Gasteiger partial charge in [-0.1, -0.05) is 48.5 Å². The van der Waals surface area contributed by atoms with E-state index in [0.717, 1.165) is 24.5 Å². The molecule has 1 aromatic heterocycles. The van der Waals surface area contributed by atoms with Crippen molar-refractivity contribution < 1.29 is 9.59 Å². The van der Waals surface area contributed by atoms with Gasteiger partial charge in [-0.05, 0) is 42.7 Å². The number of nitrogens with one attached hydrogen (secondary N) is 2. The van der Waals surface area contributed by atoms with Gasteiger partial charge in [0.25, 0.3) is 5.91 Å². The highest BCUT2D eigenvalue weighted by molar-refractivity contribution is 6.01. The van der Waals surface area contributed by atoms with Crippen LogP contribution in [0, 0.1) is 0 Å². The van der Waals surface area contributed by atoms with Gasteiger partial charge in [-0.25, -0.2) is 4.98 Å². The van der Waals surface area contributed by atoms with Crippen molar-refractivity contribution in [2.75, 3.05) is 23.3 Å². The lowest BCUT2D eigenvalue weighted by Gasteiger charge is -2.20. The van der Waals surface area contributed by atoms with Crippen LogP contribution in [0.4, 0.5) is 11.5 Å². The SMILES string of the molecule is O=C(N[C@@H](Cc1ccccc1)C(=O)Nc1ccc(N2CCCC2)nc1)c1ccccc1. The first-order valence-corrected chi connectivity index (χ1v) is 10.6. The fourth-order valence-electron chi connectivity index (χ4n) is 3.71. The second kappa shape index (κ2) is 9.89. The van der Waals surface area contributed by atoms with Gasteiger partial charge in [-0.15, -0.1) is 0 Å². The average molecular weight is 415 g/mol. The van der Waals surface area contributed by atoms with Crippen molar-refractivity contribution in [2.45, 2.75) is 25.3 Å². The molecule has 31 heavy (non-hydrogen) atoms. The predicted molar refractivity (Wildman–Crippen MR) is 122 cm³/mol. The number of aromatic nitrogens is 1. The van der Waals surface area contributed by atoms with E-state index in [4.69, 9.17) is 0 Å². The van der Waals surface area contributed by atoms with Crippen LogP contribution in [0.2, 0.25) is 0 Å². The summed E-state index contributed by atoms with van der Waals surface area (Å²) in [6.07, 6.45) is 4.43. The summed E-state index contributed by atoms with van der Waals surface area (Å²) in [5.74, 6) is 0.372. The zero-order valence-corrected chi connectivity index (χ0v) is 17.3. The first-order chi connectivity index (χ1) is 15.2. The summed E-state index contributed by atoms with van der Waals surface area (Å²) in [6.45, 7) is 2.03. The van der Waals surface area contributed by atoms with Crippen LogP contribution >= 0.6 is 0 Å². The fourth-order valence-corrected chi connectivity index (χ4v) is 3.71. The summed E-state index contributed by atoms with van der Waals surface area (Å²) < 4.78 is 0. The molecule has 0 saturated carbocycles. The maximum absolute atomic E-state index is 13.1. The first-order valence-electron chi connectivity index (χ1n) is 10.6. The predicted octanol–water partition coefficient (Wildman–Crippen LogP) is 3.66. The topological polar surface area (TPSA) is 74.3 Å². The Morgan fingerprint density at radius 2 is 1.58 bits per heavy atom. The van der Waals surface area contributed by atoms with Gasteiger partial charge in [0, 0.05) is 25.1 Å². The average Bonchev–Trinajstić information content (AvgIpc) is 3.35. The van der Waals surface area contributed by atoms with Gasteiger partial charge in [0.05, 0.1) is 11.9 Å². The Morgan fingerprint density at radius 3 is 2.23 bits per heavy atom. The van der Waals surface area contributed by atoms with Crippen LogP contribution in [0.5, 0.6) is 0 Å². The quantitative estimate of drug-likeness (QED) is 0.619. The molecule has 1 atom stereocenters. The molecular formula is C25H26N4O2. The summed E-state index contributed by atoms with van der Waals surface area (Å²) in [5.41, 5.74) is 2.10. The third kappa shape index (κ3) is 5.48. The number of pyridine rings is 1. The summed E-state index contributed by atoms with van der Waals surface area (Å²) in [5, 5.41) is 5.78.